The first-order chi connectivity index (χ1) is 8.67. The molecule has 1 saturated carbocycles. The molecule has 0 bridgehead atoms. The summed E-state index contributed by atoms with van der Waals surface area (Å²) in [6, 6.07) is 2.00. The van der Waals surface area contributed by atoms with Crippen molar-refractivity contribution in [2.45, 2.75) is 57.9 Å². The zero-order valence-corrected chi connectivity index (χ0v) is 11.4. The first kappa shape index (κ1) is 13.3. The molecule has 18 heavy (non-hydrogen) atoms. The van der Waals surface area contributed by atoms with Crippen LogP contribution in [0, 0.1) is 6.92 Å². The van der Waals surface area contributed by atoms with E-state index >= 15 is 0 Å². The van der Waals surface area contributed by atoms with E-state index in [9.17, 15) is 5.11 Å². The normalized spacial score (nSPS) is 18.6. The molecule has 0 atom stereocenters. The number of nitrogens with zero attached hydrogens (tertiary/aromatic N) is 2. The lowest BCUT2D eigenvalue weighted by Gasteiger charge is -2.37. The summed E-state index contributed by atoms with van der Waals surface area (Å²) in [5, 5.41) is 13.2. The van der Waals surface area contributed by atoms with Crippen molar-refractivity contribution in [1.82, 2.24) is 9.97 Å². The van der Waals surface area contributed by atoms with Crippen LogP contribution in [0.15, 0.2) is 6.07 Å². The highest BCUT2D eigenvalue weighted by molar-refractivity contribution is 5.39. The number of anilines is 1. The van der Waals surface area contributed by atoms with Crippen LogP contribution in [-0.4, -0.2) is 27.2 Å². The highest BCUT2D eigenvalue weighted by atomic mass is 16.3. The predicted octanol–water partition coefficient (Wildman–Crippen LogP) is 2.45. The third-order valence-electron chi connectivity index (χ3n) is 3.76. The van der Waals surface area contributed by atoms with Gasteiger partial charge in [-0.15, -0.1) is 0 Å². The Morgan fingerprint density at radius 2 is 2.00 bits per heavy atom. The predicted molar refractivity (Wildman–Crippen MR) is 72.7 cm³/mol. The van der Waals surface area contributed by atoms with Gasteiger partial charge in [-0.1, -0.05) is 26.2 Å². The number of nitrogens with one attached hydrogen (secondary N) is 1. The van der Waals surface area contributed by atoms with Gasteiger partial charge in [0.2, 0.25) is 0 Å². The first-order valence-electron chi connectivity index (χ1n) is 6.91. The van der Waals surface area contributed by atoms with Crippen molar-refractivity contribution in [2.24, 2.45) is 0 Å². The van der Waals surface area contributed by atoms with Crippen molar-refractivity contribution in [3.05, 3.63) is 17.6 Å². The average Bonchev–Trinajstić information content (AvgIpc) is 2.39. The van der Waals surface area contributed by atoms with Crippen molar-refractivity contribution < 1.29 is 5.11 Å². The van der Waals surface area contributed by atoms with Gasteiger partial charge in [-0.25, -0.2) is 9.97 Å². The molecule has 0 spiro atoms. The monoisotopic (exact) mass is 249 g/mol. The summed E-state index contributed by atoms with van der Waals surface area (Å²) >= 11 is 0. The van der Waals surface area contributed by atoms with Crippen LogP contribution < -0.4 is 5.32 Å². The molecule has 0 saturated heterocycles. The second-order valence-corrected chi connectivity index (χ2v) is 5.27. The molecule has 1 aromatic rings. The van der Waals surface area contributed by atoms with Gasteiger partial charge in [0, 0.05) is 11.8 Å². The Hall–Kier alpha value is -1.16. The molecule has 0 aromatic carbocycles. The van der Waals surface area contributed by atoms with Crippen molar-refractivity contribution in [3.8, 4) is 0 Å². The molecule has 100 valence electrons. The molecule has 0 amide bonds. The van der Waals surface area contributed by atoms with E-state index in [0.717, 1.165) is 36.6 Å². The molecule has 0 unspecified atom stereocenters. The first-order valence-corrected chi connectivity index (χ1v) is 6.91. The highest BCUT2D eigenvalue weighted by Gasteiger charge is 2.31. The Morgan fingerprint density at radius 1 is 1.28 bits per heavy atom. The summed E-state index contributed by atoms with van der Waals surface area (Å²) in [5.41, 5.74) is 0.873. The molecule has 4 heteroatoms. The number of hydrogen-bond acceptors (Lipinski definition) is 4. The molecule has 1 fully saturated rings. The van der Waals surface area contributed by atoms with Gasteiger partial charge >= 0.3 is 0 Å². The van der Waals surface area contributed by atoms with Crippen LogP contribution in [0.5, 0.6) is 0 Å². The van der Waals surface area contributed by atoms with E-state index in [4.69, 9.17) is 0 Å². The third-order valence-corrected chi connectivity index (χ3v) is 3.76. The van der Waals surface area contributed by atoms with Crippen molar-refractivity contribution in [2.75, 3.05) is 11.9 Å². The van der Waals surface area contributed by atoms with E-state index < -0.39 is 0 Å². The molecule has 0 aliphatic heterocycles. The summed E-state index contributed by atoms with van der Waals surface area (Å²) in [7, 11) is 0. The van der Waals surface area contributed by atoms with Crippen LogP contribution in [0.4, 0.5) is 5.82 Å². The number of aliphatic hydroxyl groups is 1. The van der Waals surface area contributed by atoms with Crippen LogP contribution in [-0.2, 0) is 6.42 Å². The minimum Gasteiger partial charge on any atom is -0.394 e. The fourth-order valence-corrected chi connectivity index (χ4v) is 2.70. The van der Waals surface area contributed by atoms with E-state index in [1.807, 2.05) is 13.0 Å². The number of hydrogen-bond donors (Lipinski definition) is 2. The molecule has 1 aromatic heterocycles. The fraction of sp³-hybridized carbons (Fsp3) is 0.714. The maximum Gasteiger partial charge on any atom is 0.130 e. The van der Waals surface area contributed by atoms with Gasteiger partial charge in [-0.3, -0.25) is 0 Å². The van der Waals surface area contributed by atoms with Gasteiger partial charge in [0.05, 0.1) is 12.1 Å². The molecular weight excluding hydrogens is 226 g/mol. The lowest BCUT2D eigenvalue weighted by molar-refractivity contribution is 0.172. The Morgan fingerprint density at radius 3 is 2.61 bits per heavy atom. The van der Waals surface area contributed by atoms with Gasteiger partial charge in [0.25, 0.3) is 0 Å². The van der Waals surface area contributed by atoms with Crippen LogP contribution in [0.3, 0.4) is 0 Å². The minimum atomic E-state index is -0.177. The Bertz CT molecular complexity index is 400. The molecule has 4 nitrogen and oxygen atoms in total. The van der Waals surface area contributed by atoms with E-state index in [0.29, 0.717) is 0 Å². The van der Waals surface area contributed by atoms with Crippen molar-refractivity contribution in [1.29, 1.82) is 0 Å². The molecule has 1 aliphatic carbocycles. The second kappa shape index (κ2) is 5.65. The summed E-state index contributed by atoms with van der Waals surface area (Å²) < 4.78 is 0. The third kappa shape index (κ3) is 2.99. The van der Waals surface area contributed by atoms with Gasteiger partial charge in [0.15, 0.2) is 0 Å². The van der Waals surface area contributed by atoms with Gasteiger partial charge in [-0.2, -0.15) is 0 Å². The smallest absolute Gasteiger partial charge is 0.130 e. The zero-order chi connectivity index (χ0) is 13.0. The lowest BCUT2D eigenvalue weighted by atomic mass is 9.82. The van der Waals surface area contributed by atoms with Crippen molar-refractivity contribution in [3.63, 3.8) is 0 Å². The zero-order valence-electron chi connectivity index (χ0n) is 11.4. The molecule has 1 heterocycles. The SMILES string of the molecule is CCc1cc(NC2(CO)CCCCC2)nc(C)n1. The number of rotatable bonds is 4. The topological polar surface area (TPSA) is 58.0 Å². The van der Waals surface area contributed by atoms with Crippen molar-refractivity contribution >= 4 is 5.82 Å². The number of aromatic nitrogens is 2. The number of aliphatic hydroxyl groups excluding tert-OH is 1. The fourth-order valence-electron chi connectivity index (χ4n) is 2.70. The number of aryl methyl sites for hydroxylation is 2. The molecule has 2 rings (SSSR count). The molecule has 1 aliphatic rings. The summed E-state index contributed by atoms with van der Waals surface area (Å²) in [4.78, 5) is 8.82. The van der Waals surface area contributed by atoms with Gasteiger partial charge in [0.1, 0.15) is 11.6 Å². The average molecular weight is 249 g/mol. The maximum absolute atomic E-state index is 9.69. The molecule has 2 N–H and O–H groups in total. The quantitative estimate of drug-likeness (QED) is 0.860. The molecule has 0 radical (unpaired) electrons. The summed E-state index contributed by atoms with van der Waals surface area (Å²) in [6.07, 6.45) is 6.58. The van der Waals surface area contributed by atoms with Crippen LogP contribution >= 0.6 is 0 Å². The summed E-state index contributed by atoms with van der Waals surface area (Å²) in [5.74, 6) is 1.65. The Kier molecular flexibility index (Phi) is 4.17. The lowest BCUT2D eigenvalue weighted by Crippen LogP contribution is -2.44. The van der Waals surface area contributed by atoms with E-state index in [1.54, 1.807) is 0 Å². The van der Waals surface area contributed by atoms with Gasteiger partial charge in [-0.05, 0) is 26.2 Å². The minimum absolute atomic E-state index is 0.177. The summed E-state index contributed by atoms with van der Waals surface area (Å²) in [6.45, 7) is 4.18. The standard InChI is InChI=1S/C14H23N3O/c1-3-12-9-13(16-11(2)15-12)17-14(10-18)7-5-4-6-8-14/h9,18H,3-8,10H2,1-2H3,(H,15,16,17). The van der Waals surface area contributed by atoms with Crippen LogP contribution in [0.25, 0.3) is 0 Å². The molecular formula is C14H23N3O. The maximum atomic E-state index is 9.69. The van der Waals surface area contributed by atoms with E-state index in [-0.39, 0.29) is 12.1 Å². The van der Waals surface area contributed by atoms with E-state index in [2.05, 4.69) is 22.2 Å². The van der Waals surface area contributed by atoms with E-state index in [1.165, 1.54) is 19.3 Å². The Labute approximate surface area is 109 Å². The van der Waals surface area contributed by atoms with Crippen LogP contribution in [0.1, 0.15) is 50.5 Å². The highest BCUT2D eigenvalue weighted by Crippen LogP contribution is 2.30. The van der Waals surface area contributed by atoms with Gasteiger partial charge < -0.3 is 10.4 Å². The van der Waals surface area contributed by atoms with Crippen LogP contribution in [0.2, 0.25) is 0 Å². The largest absolute Gasteiger partial charge is 0.394 e. The Balaban J connectivity index is 2.18. The second-order valence-electron chi connectivity index (χ2n) is 5.27.